The highest BCUT2D eigenvalue weighted by molar-refractivity contribution is 7.09. The average molecular weight is 225 g/mol. The second-order valence-corrected chi connectivity index (χ2v) is 5.23. The van der Waals surface area contributed by atoms with Gasteiger partial charge in [0.25, 0.3) is 0 Å². The molecule has 2 rings (SSSR count). The monoisotopic (exact) mass is 225 g/mol. The molecule has 1 unspecified atom stereocenters. The number of aryl methyl sites for hydroxylation is 1. The van der Waals surface area contributed by atoms with Crippen molar-refractivity contribution in [2.24, 2.45) is 5.92 Å². The van der Waals surface area contributed by atoms with Gasteiger partial charge in [-0.15, -0.1) is 0 Å². The summed E-state index contributed by atoms with van der Waals surface area (Å²) in [5.41, 5.74) is 0. The van der Waals surface area contributed by atoms with Crippen LogP contribution < -0.4 is 5.32 Å². The van der Waals surface area contributed by atoms with E-state index >= 15 is 0 Å². The van der Waals surface area contributed by atoms with Crippen molar-refractivity contribution in [1.82, 2.24) is 9.36 Å². The zero-order chi connectivity index (χ0) is 10.7. The van der Waals surface area contributed by atoms with Gasteiger partial charge in [-0.1, -0.05) is 19.3 Å². The number of rotatable bonds is 3. The van der Waals surface area contributed by atoms with E-state index in [0.29, 0.717) is 6.04 Å². The van der Waals surface area contributed by atoms with Gasteiger partial charge < -0.3 is 5.32 Å². The Morgan fingerprint density at radius 2 is 2.07 bits per heavy atom. The Kier molecular flexibility index (Phi) is 3.57. The van der Waals surface area contributed by atoms with Gasteiger partial charge in [0.2, 0.25) is 5.13 Å². The van der Waals surface area contributed by atoms with Crippen LogP contribution in [0, 0.1) is 12.8 Å². The first-order valence-corrected chi connectivity index (χ1v) is 6.60. The molecule has 1 atom stereocenters. The summed E-state index contributed by atoms with van der Waals surface area (Å²) in [5, 5.41) is 4.45. The largest absolute Gasteiger partial charge is 0.358 e. The number of aromatic nitrogens is 2. The predicted octanol–water partition coefficient (Wildman–Crippen LogP) is 3.23. The Morgan fingerprint density at radius 3 is 2.67 bits per heavy atom. The van der Waals surface area contributed by atoms with Crippen molar-refractivity contribution in [3.63, 3.8) is 0 Å². The van der Waals surface area contributed by atoms with Gasteiger partial charge in [-0.3, -0.25) is 0 Å². The molecule has 1 heterocycles. The molecule has 1 saturated carbocycles. The molecule has 1 aliphatic carbocycles. The van der Waals surface area contributed by atoms with E-state index in [-0.39, 0.29) is 0 Å². The molecule has 0 radical (unpaired) electrons. The molecule has 0 aliphatic heterocycles. The zero-order valence-electron chi connectivity index (χ0n) is 9.49. The molecule has 0 spiro atoms. The molecule has 1 aromatic rings. The topological polar surface area (TPSA) is 37.8 Å². The van der Waals surface area contributed by atoms with Crippen LogP contribution in [-0.4, -0.2) is 15.4 Å². The average Bonchev–Trinajstić information content (AvgIpc) is 2.65. The van der Waals surface area contributed by atoms with E-state index < -0.39 is 0 Å². The van der Waals surface area contributed by atoms with Gasteiger partial charge in [0.05, 0.1) is 0 Å². The van der Waals surface area contributed by atoms with E-state index in [9.17, 15) is 0 Å². The normalized spacial score (nSPS) is 20.1. The summed E-state index contributed by atoms with van der Waals surface area (Å²) in [6, 6.07) is 0.539. The van der Waals surface area contributed by atoms with Crippen LogP contribution in [0.3, 0.4) is 0 Å². The summed E-state index contributed by atoms with van der Waals surface area (Å²) in [4.78, 5) is 4.34. The molecular weight excluding hydrogens is 206 g/mol. The van der Waals surface area contributed by atoms with E-state index in [1.165, 1.54) is 43.6 Å². The van der Waals surface area contributed by atoms with Crippen molar-refractivity contribution in [3.8, 4) is 0 Å². The Balaban J connectivity index is 1.88. The van der Waals surface area contributed by atoms with Crippen LogP contribution in [0.15, 0.2) is 0 Å². The van der Waals surface area contributed by atoms with Gasteiger partial charge in [-0.2, -0.15) is 4.37 Å². The molecule has 3 nitrogen and oxygen atoms in total. The fourth-order valence-corrected chi connectivity index (χ4v) is 2.97. The second-order valence-electron chi connectivity index (χ2n) is 4.48. The van der Waals surface area contributed by atoms with Gasteiger partial charge >= 0.3 is 0 Å². The summed E-state index contributed by atoms with van der Waals surface area (Å²) >= 11 is 1.47. The first-order valence-electron chi connectivity index (χ1n) is 5.82. The van der Waals surface area contributed by atoms with Crippen molar-refractivity contribution in [2.45, 2.75) is 52.0 Å². The highest BCUT2D eigenvalue weighted by Crippen LogP contribution is 2.28. The fraction of sp³-hybridized carbons (Fsp3) is 0.818. The van der Waals surface area contributed by atoms with E-state index in [2.05, 4.69) is 21.6 Å². The Hall–Kier alpha value is -0.640. The van der Waals surface area contributed by atoms with Crippen molar-refractivity contribution >= 4 is 16.7 Å². The van der Waals surface area contributed by atoms with Crippen molar-refractivity contribution < 1.29 is 0 Å². The number of anilines is 1. The SMILES string of the molecule is Cc1nsc(NC(C)C2CCCCC2)n1. The van der Waals surface area contributed by atoms with E-state index in [4.69, 9.17) is 0 Å². The first-order chi connectivity index (χ1) is 7.25. The van der Waals surface area contributed by atoms with Crippen LogP contribution in [0.4, 0.5) is 5.13 Å². The van der Waals surface area contributed by atoms with Crippen molar-refractivity contribution in [2.75, 3.05) is 5.32 Å². The van der Waals surface area contributed by atoms with Gasteiger partial charge in [-0.25, -0.2) is 4.98 Å². The third kappa shape index (κ3) is 2.91. The summed E-state index contributed by atoms with van der Waals surface area (Å²) in [6.45, 7) is 4.21. The highest BCUT2D eigenvalue weighted by atomic mass is 32.1. The van der Waals surface area contributed by atoms with Crippen LogP contribution in [0.1, 0.15) is 44.9 Å². The summed E-state index contributed by atoms with van der Waals surface area (Å²) in [6.07, 6.45) is 6.94. The maximum Gasteiger partial charge on any atom is 0.202 e. The summed E-state index contributed by atoms with van der Waals surface area (Å²) < 4.78 is 4.18. The molecular formula is C11H19N3S. The lowest BCUT2D eigenvalue weighted by Gasteiger charge is -2.27. The molecule has 84 valence electrons. The lowest BCUT2D eigenvalue weighted by Crippen LogP contribution is -2.27. The summed E-state index contributed by atoms with van der Waals surface area (Å²) in [5.74, 6) is 1.70. The van der Waals surface area contributed by atoms with Crippen LogP contribution in [0.5, 0.6) is 0 Å². The third-order valence-corrected chi connectivity index (χ3v) is 3.97. The first kappa shape index (κ1) is 10.9. The lowest BCUT2D eigenvalue weighted by molar-refractivity contribution is 0.328. The van der Waals surface area contributed by atoms with Crippen LogP contribution >= 0.6 is 11.5 Å². The lowest BCUT2D eigenvalue weighted by atomic mass is 9.85. The number of nitrogens with zero attached hydrogens (tertiary/aromatic N) is 2. The van der Waals surface area contributed by atoms with Crippen LogP contribution in [0.25, 0.3) is 0 Å². The molecule has 1 aliphatic rings. The maximum absolute atomic E-state index is 4.34. The van der Waals surface area contributed by atoms with E-state index in [1.807, 2.05) is 6.92 Å². The molecule has 0 amide bonds. The maximum atomic E-state index is 4.34. The molecule has 1 fully saturated rings. The van der Waals surface area contributed by atoms with Crippen LogP contribution in [0.2, 0.25) is 0 Å². The molecule has 0 bridgehead atoms. The quantitative estimate of drug-likeness (QED) is 0.858. The molecule has 1 aromatic heterocycles. The van der Waals surface area contributed by atoms with Crippen molar-refractivity contribution in [3.05, 3.63) is 5.82 Å². The minimum atomic E-state index is 0.539. The zero-order valence-corrected chi connectivity index (χ0v) is 10.3. The van der Waals surface area contributed by atoms with Gasteiger partial charge in [0.15, 0.2) is 0 Å². The second kappa shape index (κ2) is 4.92. The molecule has 1 N–H and O–H groups in total. The molecule has 15 heavy (non-hydrogen) atoms. The Morgan fingerprint density at radius 1 is 1.33 bits per heavy atom. The molecule has 4 heteroatoms. The smallest absolute Gasteiger partial charge is 0.202 e. The Bertz CT molecular complexity index is 305. The number of nitrogens with one attached hydrogen (secondary N) is 1. The van der Waals surface area contributed by atoms with Gasteiger partial charge in [-0.05, 0) is 32.6 Å². The van der Waals surface area contributed by atoms with E-state index in [1.54, 1.807) is 0 Å². The number of hydrogen-bond donors (Lipinski definition) is 1. The highest BCUT2D eigenvalue weighted by Gasteiger charge is 2.20. The van der Waals surface area contributed by atoms with Crippen molar-refractivity contribution in [1.29, 1.82) is 0 Å². The van der Waals surface area contributed by atoms with E-state index in [0.717, 1.165) is 16.9 Å². The van der Waals surface area contributed by atoms with Crippen LogP contribution in [-0.2, 0) is 0 Å². The standard InChI is InChI=1S/C11H19N3S/c1-8(10-6-4-3-5-7-10)12-11-13-9(2)14-15-11/h8,10H,3-7H2,1-2H3,(H,12,13,14). The van der Waals surface area contributed by atoms with Gasteiger partial charge in [0, 0.05) is 17.6 Å². The molecule has 0 aromatic carbocycles. The number of hydrogen-bond acceptors (Lipinski definition) is 4. The predicted molar refractivity (Wildman–Crippen MR) is 64.3 cm³/mol. The fourth-order valence-electron chi connectivity index (χ4n) is 2.30. The van der Waals surface area contributed by atoms with Gasteiger partial charge in [0.1, 0.15) is 5.82 Å². The minimum absolute atomic E-state index is 0.539. The molecule has 0 saturated heterocycles. The Labute approximate surface area is 95.5 Å². The minimum Gasteiger partial charge on any atom is -0.358 e. The third-order valence-electron chi connectivity index (χ3n) is 3.24. The summed E-state index contributed by atoms with van der Waals surface area (Å²) in [7, 11) is 0.